The van der Waals surface area contributed by atoms with Crippen molar-refractivity contribution in [1.29, 1.82) is 0 Å². The molecular weight excluding hydrogens is 174 g/mol. The lowest BCUT2D eigenvalue weighted by Crippen LogP contribution is -2.41. The Hall–Kier alpha value is -0.340. The van der Waals surface area contributed by atoms with Crippen molar-refractivity contribution in [1.82, 2.24) is 5.32 Å². The van der Waals surface area contributed by atoms with Crippen molar-refractivity contribution in [3.8, 4) is 0 Å². The molecule has 0 aromatic rings. The molecule has 1 saturated carbocycles. The van der Waals surface area contributed by atoms with E-state index in [4.69, 9.17) is 4.74 Å². The van der Waals surface area contributed by atoms with Gasteiger partial charge in [0, 0.05) is 6.04 Å². The summed E-state index contributed by atoms with van der Waals surface area (Å²) in [5.41, 5.74) is 1.21. The van der Waals surface area contributed by atoms with Crippen LogP contribution in [0, 0.1) is 0 Å². The molecule has 2 heteroatoms. The minimum atomic E-state index is 0.424. The van der Waals surface area contributed by atoms with Gasteiger partial charge in [0.25, 0.3) is 0 Å². The molecule has 0 radical (unpaired) electrons. The third-order valence-corrected chi connectivity index (χ3v) is 2.93. The summed E-state index contributed by atoms with van der Waals surface area (Å²) >= 11 is 0. The van der Waals surface area contributed by atoms with Gasteiger partial charge in [-0.3, -0.25) is 0 Å². The quantitative estimate of drug-likeness (QED) is 0.684. The first-order chi connectivity index (χ1) is 6.74. The summed E-state index contributed by atoms with van der Waals surface area (Å²) in [4.78, 5) is 0. The molecule has 0 saturated heterocycles. The van der Waals surface area contributed by atoms with Crippen LogP contribution in [-0.2, 0) is 4.74 Å². The van der Waals surface area contributed by atoms with Crippen LogP contribution in [0.4, 0.5) is 0 Å². The third-order valence-electron chi connectivity index (χ3n) is 2.93. The lowest BCUT2D eigenvalue weighted by atomic mass is 9.92. The summed E-state index contributed by atoms with van der Waals surface area (Å²) in [6.45, 7) is 6.77. The molecule has 14 heavy (non-hydrogen) atoms. The number of hydrogen-bond acceptors (Lipinski definition) is 2. The minimum absolute atomic E-state index is 0.424. The molecule has 82 valence electrons. The molecule has 0 aromatic heterocycles. The van der Waals surface area contributed by atoms with Crippen molar-refractivity contribution >= 4 is 0 Å². The van der Waals surface area contributed by atoms with Crippen molar-refractivity contribution in [3.63, 3.8) is 0 Å². The molecule has 0 aliphatic heterocycles. The van der Waals surface area contributed by atoms with E-state index in [1.54, 1.807) is 0 Å². The number of ether oxygens (including phenoxy) is 1. The summed E-state index contributed by atoms with van der Waals surface area (Å²) in [7, 11) is 2.03. The highest BCUT2D eigenvalue weighted by Gasteiger charge is 2.23. The van der Waals surface area contributed by atoms with Gasteiger partial charge in [-0.1, -0.05) is 18.4 Å². The predicted molar refractivity (Wildman–Crippen MR) is 60.5 cm³/mol. The molecule has 0 aromatic carbocycles. The summed E-state index contributed by atoms with van der Waals surface area (Å²) in [6.07, 6.45) is 6.54. The van der Waals surface area contributed by atoms with Gasteiger partial charge in [0.2, 0.25) is 0 Å². The Bertz CT molecular complexity index is 179. The second kappa shape index (κ2) is 6.20. The Kier molecular flexibility index (Phi) is 5.20. The highest BCUT2D eigenvalue weighted by molar-refractivity contribution is 4.88. The Morgan fingerprint density at radius 2 is 2.14 bits per heavy atom. The second-order valence-corrected chi connectivity index (χ2v) is 4.30. The van der Waals surface area contributed by atoms with E-state index >= 15 is 0 Å². The minimum Gasteiger partial charge on any atom is -0.376 e. The average molecular weight is 197 g/mol. The van der Waals surface area contributed by atoms with Gasteiger partial charge in [0.05, 0.1) is 12.7 Å². The van der Waals surface area contributed by atoms with E-state index < -0.39 is 0 Å². The second-order valence-electron chi connectivity index (χ2n) is 4.30. The number of rotatable bonds is 5. The maximum absolute atomic E-state index is 5.87. The summed E-state index contributed by atoms with van der Waals surface area (Å²) < 4.78 is 5.87. The zero-order valence-corrected chi connectivity index (χ0v) is 9.51. The zero-order chi connectivity index (χ0) is 10.4. The van der Waals surface area contributed by atoms with Gasteiger partial charge < -0.3 is 10.1 Å². The highest BCUT2D eigenvalue weighted by Crippen LogP contribution is 2.21. The Morgan fingerprint density at radius 1 is 1.43 bits per heavy atom. The topological polar surface area (TPSA) is 21.3 Å². The Labute approximate surface area is 87.7 Å². The SMILES string of the molecule is C=C(C)CCOC1CCCCC1NC. The fraction of sp³-hybridized carbons (Fsp3) is 0.833. The number of hydrogen-bond donors (Lipinski definition) is 1. The van der Waals surface area contributed by atoms with Gasteiger partial charge in [0.15, 0.2) is 0 Å². The van der Waals surface area contributed by atoms with Crippen molar-refractivity contribution in [3.05, 3.63) is 12.2 Å². The molecule has 1 fully saturated rings. The van der Waals surface area contributed by atoms with Crippen molar-refractivity contribution < 1.29 is 4.74 Å². The van der Waals surface area contributed by atoms with E-state index in [0.29, 0.717) is 12.1 Å². The fourth-order valence-electron chi connectivity index (χ4n) is 2.01. The first kappa shape index (κ1) is 11.7. The van der Waals surface area contributed by atoms with Crippen LogP contribution in [0.5, 0.6) is 0 Å². The molecule has 0 amide bonds. The predicted octanol–water partition coefficient (Wildman–Crippen LogP) is 2.50. The average Bonchev–Trinajstić information content (AvgIpc) is 2.18. The van der Waals surface area contributed by atoms with E-state index in [-0.39, 0.29) is 0 Å². The maximum atomic E-state index is 5.87. The van der Waals surface area contributed by atoms with Crippen LogP contribution in [0.25, 0.3) is 0 Å². The van der Waals surface area contributed by atoms with Crippen LogP contribution >= 0.6 is 0 Å². The molecule has 2 unspecified atom stereocenters. The normalized spacial score (nSPS) is 27.6. The molecule has 0 spiro atoms. The van der Waals surface area contributed by atoms with Crippen LogP contribution in [0.15, 0.2) is 12.2 Å². The van der Waals surface area contributed by atoms with Gasteiger partial charge in [-0.25, -0.2) is 0 Å². The first-order valence-corrected chi connectivity index (χ1v) is 5.67. The number of likely N-dealkylation sites (N-methyl/N-ethyl adjacent to an activating group) is 1. The van der Waals surface area contributed by atoms with Crippen LogP contribution in [-0.4, -0.2) is 25.8 Å². The Morgan fingerprint density at radius 3 is 2.79 bits per heavy atom. The van der Waals surface area contributed by atoms with Gasteiger partial charge in [-0.2, -0.15) is 0 Å². The molecule has 1 aliphatic rings. The Balaban J connectivity index is 2.22. The van der Waals surface area contributed by atoms with Gasteiger partial charge >= 0.3 is 0 Å². The summed E-state index contributed by atoms with van der Waals surface area (Å²) in [6, 6.07) is 0.564. The molecule has 1 N–H and O–H groups in total. The van der Waals surface area contributed by atoms with Crippen molar-refractivity contribution in [2.45, 2.75) is 51.2 Å². The van der Waals surface area contributed by atoms with Gasteiger partial charge in [-0.15, -0.1) is 6.58 Å². The van der Waals surface area contributed by atoms with Crippen molar-refractivity contribution in [2.24, 2.45) is 0 Å². The van der Waals surface area contributed by atoms with Crippen LogP contribution in [0.2, 0.25) is 0 Å². The summed E-state index contributed by atoms with van der Waals surface area (Å²) in [5, 5.41) is 3.34. The number of nitrogens with one attached hydrogen (secondary N) is 1. The molecular formula is C12H23NO. The maximum Gasteiger partial charge on any atom is 0.0728 e. The molecule has 1 aliphatic carbocycles. The standard InChI is InChI=1S/C12H23NO/c1-10(2)8-9-14-12-7-5-4-6-11(12)13-3/h11-13H,1,4-9H2,2-3H3. The van der Waals surface area contributed by atoms with Crippen LogP contribution in [0.3, 0.4) is 0 Å². The largest absolute Gasteiger partial charge is 0.376 e. The smallest absolute Gasteiger partial charge is 0.0728 e. The summed E-state index contributed by atoms with van der Waals surface area (Å²) in [5.74, 6) is 0. The monoisotopic (exact) mass is 197 g/mol. The van der Waals surface area contributed by atoms with Crippen molar-refractivity contribution in [2.75, 3.05) is 13.7 Å². The van der Waals surface area contributed by atoms with E-state index in [1.165, 1.54) is 31.3 Å². The van der Waals surface area contributed by atoms with Crippen LogP contribution in [0.1, 0.15) is 39.0 Å². The molecule has 1 rings (SSSR count). The molecule has 2 nitrogen and oxygen atoms in total. The molecule has 2 atom stereocenters. The molecule has 0 bridgehead atoms. The van der Waals surface area contributed by atoms with Crippen LogP contribution < -0.4 is 5.32 Å². The lowest BCUT2D eigenvalue weighted by molar-refractivity contribution is 0.00883. The van der Waals surface area contributed by atoms with E-state index in [2.05, 4.69) is 18.8 Å². The molecule has 0 heterocycles. The van der Waals surface area contributed by atoms with E-state index in [0.717, 1.165) is 13.0 Å². The third kappa shape index (κ3) is 3.81. The van der Waals surface area contributed by atoms with Gasteiger partial charge in [-0.05, 0) is 33.2 Å². The van der Waals surface area contributed by atoms with E-state index in [9.17, 15) is 0 Å². The first-order valence-electron chi connectivity index (χ1n) is 5.67. The lowest BCUT2D eigenvalue weighted by Gasteiger charge is -2.31. The van der Waals surface area contributed by atoms with E-state index in [1.807, 2.05) is 7.05 Å². The van der Waals surface area contributed by atoms with Gasteiger partial charge in [0.1, 0.15) is 0 Å². The fourth-order valence-corrected chi connectivity index (χ4v) is 2.01. The zero-order valence-electron chi connectivity index (χ0n) is 9.51. The highest BCUT2D eigenvalue weighted by atomic mass is 16.5.